The quantitative estimate of drug-likeness (QED) is 0.850. The van der Waals surface area contributed by atoms with Crippen LogP contribution in [0.2, 0.25) is 5.28 Å². The van der Waals surface area contributed by atoms with Crippen molar-refractivity contribution >= 4 is 17.5 Å². The van der Waals surface area contributed by atoms with E-state index in [0.717, 1.165) is 0 Å². The van der Waals surface area contributed by atoms with Crippen LogP contribution in [0.15, 0.2) is 0 Å². The molecule has 1 fully saturated rings. The first kappa shape index (κ1) is 14.3. The van der Waals surface area contributed by atoms with Crippen LogP contribution in [0.5, 0.6) is 6.01 Å². The molecule has 0 aromatic carbocycles. The average Bonchev–Trinajstić information content (AvgIpc) is 2.37. The zero-order valence-electron chi connectivity index (χ0n) is 11.8. The Balaban J connectivity index is 2.15. The molecule has 6 heteroatoms. The lowest BCUT2D eigenvalue weighted by atomic mass is 9.95. The molecule has 0 amide bonds. The smallest absolute Gasteiger partial charge is 0.322 e. The molecule has 0 aliphatic heterocycles. The van der Waals surface area contributed by atoms with Gasteiger partial charge >= 0.3 is 6.01 Å². The number of rotatable bonds is 4. The van der Waals surface area contributed by atoms with Gasteiger partial charge in [-0.3, -0.25) is 0 Å². The van der Waals surface area contributed by atoms with Crippen LogP contribution < -0.4 is 9.64 Å². The summed E-state index contributed by atoms with van der Waals surface area (Å²) in [6, 6.07) is 0.784. The van der Waals surface area contributed by atoms with E-state index >= 15 is 0 Å². The fraction of sp³-hybridized carbons (Fsp3) is 0.769. The first-order valence-electron chi connectivity index (χ1n) is 6.87. The Hall–Kier alpha value is -1.10. The third-order valence-electron chi connectivity index (χ3n) is 3.35. The molecular formula is C13H21ClN4O. The number of hydrogen-bond acceptors (Lipinski definition) is 5. The number of aromatic nitrogens is 3. The summed E-state index contributed by atoms with van der Waals surface area (Å²) in [6.07, 6.45) is 6.24. The monoisotopic (exact) mass is 284 g/mol. The van der Waals surface area contributed by atoms with Gasteiger partial charge in [0.15, 0.2) is 0 Å². The molecule has 1 aliphatic carbocycles. The lowest BCUT2D eigenvalue weighted by Crippen LogP contribution is -2.34. The summed E-state index contributed by atoms with van der Waals surface area (Å²) in [7, 11) is 2.01. The second-order valence-electron chi connectivity index (χ2n) is 5.26. The second-order valence-corrected chi connectivity index (χ2v) is 5.59. The fourth-order valence-corrected chi connectivity index (χ4v) is 2.52. The maximum atomic E-state index is 5.95. The van der Waals surface area contributed by atoms with E-state index in [2.05, 4.69) is 19.9 Å². The zero-order valence-corrected chi connectivity index (χ0v) is 12.5. The third kappa shape index (κ3) is 3.93. The van der Waals surface area contributed by atoms with Gasteiger partial charge in [0.1, 0.15) is 0 Å². The molecule has 0 unspecified atom stereocenters. The van der Waals surface area contributed by atoms with Crippen LogP contribution >= 0.6 is 11.6 Å². The summed E-state index contributed by atoms with van der Waals surface area (Å²) in [5.41, 5.74) is 0. The van der Waals surface area contributed by atoms with Gasteiger partial charge in [-0.15, -0.1) is 0 Å². The SMILES string of the molecule is CC(C)Oc1nc(Cl)nc(N(C)C2CCCCC2)n1. The molecule has 0 atom stereocenters. The molecule has 1 aromatic heterocycles. The molecule has 1 saturated carbocycles. The maximum Gasteiger partial charge on any atom is 0.322 e. The molecule has 0 radical (unpaired) electrons. The van der Waals surface area contributed by atoms with Gasteiger partial charge in [-0.25, -0.2) is 0 Å². The Morgan fingerprint density at radius 1 is 1.16 bits per heavy atom. The van der Waals surface area contributed by atoms with Crippen molar-refractivity contribution < 1.29 is 4.74 Å². The summed E-state index contributed by atoms with van der Waals surface area (Å²) >= 11 is 5.95. The summed E-state index contributed by atoms with van der Waals surface area (Å²) in [5.74, 6) is 0.600. The number of nitrogens with zero attached hydrogens (tertiary/aromatic N) is 4. The fourth-order valence-electron chi connectivity index (χ4n) is 2.37. The van der Waals surface area contributed by atoms with Crippen molar-refractivity contribution in [3.05, 3.63) is 5.28 Å². The van der Waals surface area contributed by atoms with E-state index in [9.17, 15) is 0 Å². The van der Waals surface area contributed by atoms with Crippen molar-refractivity contribution in [1.29, 1.82) is 0 Å². The number of anilines is 1. The van der Waals surface area contributed by atoms with Crippen molar-refractivity contribution in [2.24, 2.45) is 0 Å². The van der Waals surface area contributed by atoms with Gasteiger partial charge in [-0.1, -0.05) is 19.3 Å². The Labute approximate surface area is 119 Å². The van der Waals surface area contributed by atoms with Gasteiger partial charge < -0.3 is 9.64 Å². The molecule has 1 aliphatic rings. The van der Waals surface area contributed by atoms with E-state index < -0.39 is 0 Å². The van der Waals surface area contributed by atoms with Crippen LogP contribution in [0.1, 0.15) is 46.0 Å². The number of ether oxygens (including phenoxy) is 1. The van der Waals surface area contributed by atoms with Crippen LogP contribution in [0.4, 0.5) is 5.95 Å². The first-order chi connectivity index (χ1) is 9.06. The van der Waals surface area contributed by atoms with Gasteiger partial charge in [0.25, 0.3) is 0 Å². The highest BCUT2D eigenvalue weighted by Crippen LogP contribution is 2.25. The Morgan fingerprint density at radius 3 is 2.47 bits per heavy atom. The van der Waals surface area contributed by atoms with Gasteiger partial charge in [0.2, 0.25) is 11.2 Å². The topological polar surface area (TPSA) is 51.1 Å². The van der Waals surface area contributed by atoms with Gasteiger partial charge in [-0.2, -0.15) is 15.0 Å². The minimum atomic E-state index is 0.0197. The lowest BCUT2D eigenvalue weighted by molar-refractivity contribution is 0.221. The Bertz CT molecular complexity index is 421. The van der Waals surface area contributed by atoms with E-state index in [1.807, 2.05) is 20.9 Å². The molecule has 1 heterocycles. The van der Waals surface area contributed by atoms with Crippen molar-refractivity contribution in [1.82, 2.24) is 15.0 Å². The van der Waals surface area contributed by atoms with Crippen molar-refractivity contribution in [2.45, 2.75) is 58.1 Å². The van der Waals surface area contributed by atoms with Gasteiger partial charge in [-0.05, 0) is 38.3 Å². The van der Waals surface area contributed by atoms with Crippen LogP contribution in [0, 0.1) is 0 Å². The summed E-state index contributed by atoms with van der Waals surface area (Å²) < 4.78 is 5.50. The third-order valence-corrected chi connectivity index (χ3v) is 3.52. The molecule has 2 rings (SSSR count). The Morgan fingerprint density at radius 2 is 1.84 bits per heavy atom. The molecular weight excluding hydrogens is 264 g/mol. The van der Waals surface area contributed by atoms with E-state index in [0.29, 0.717) is 18.0 Å². The van der Waals surface area contributed by atoms with Crippen LogP contribution in [0.3, 0.4) is 0 Å². The minimum absolute atomic E-state index is 0.0197. The summed E-state index contributed by atoms with van der Waals surface area (Å²) in [6.45, 7) is 3.87. The molecule has 0 N–H and O–H groups in total. The molecule has 0 saturated heterocycles. The van der Waals surface area contributed by atoms with Gasteiger partial charge in [0, 0.05) is 13.1 Å². The highest BCUT2D eigenvalue weighted by Gasteiger charge is 2.21. The van der Waals surface area contributed by atoms with E-state index in [-0.39, 0.29) is 11.4 Å². The standard InChI is InChI=1S/C13H21ClN4O/c1-9(2)19-13-16-11(14)15-12(17-13)18(3)10-7-5-4-6-8-10/h9-10H,4-8H2,1-3H3. The van der Waals surface area contributed by atoms with E-state index in [4.69, 9.17) is 16.3 Å². The predicted octanol–water partition coefficient (Wildman–Crippen LogP) is 3.08. The lowest BCUT2D eigenvalue weighted by Gasteiger charge is -2.31. The normalized spacial score (nSPS) is 16.7. The number of halogens is 1. The number of hydrogen-bond donors (Lipinski definition) is 0. The summed E-state index contributed by atoms with van der Waals surface area (Å²) in [4.78, 5) is 14.6. The van der Waals surface area contributed by atoms with Crippen LogP contribution in [-0.4, -0.2) is 34.1 Å². The Kier molecular flexibility index (Phi) is 4.80. The van der Waals surface area contributed by atoms with Crippen LogP contribution in [0.25, 0.3) is 0 Å². The molecule has 5 nitrogen and oxygen atoms in total. The molecule has 106 valence electrons. The second kappa shape index (κ2) is 6.37. The molecule has 19 heavy (non-hydrogen) atoms. The molecule has 0 bridgehead atoms. The molecule has 1 aromatic rings. The van der Waals surface area contributed by atoms with Crippen molar-refractivity contribution in [3.8, 4) is 6.01 Å². The van der Waals surface area contributed by atoms with E-state index in [1.54, 1.807) is 0 Å². The first-order valence-corrected chi connectivity index (χ1v) is 7.25. The zero-order chi connectivity index (χ0) is 13.8. The largest absolute Gasteiger partial charge is 0.461 e. The highest BCUT2D eigenvalue weighted by atomic mass is 35.5. The highest BCUT2D eigenvalue weighted by molar-refractivity contribution is 6.28. The van der Waals surface area contributed by atoms with Crippen LogP contribution in [-0.2, 0) is 0 Å². The maximum absolute atomic E-state index is 5.95. The summed E-state index contributed by atoms with van der Waals surface area (Å²) in [5, 5.41) is 0.184. The molecule has 0 spiro atoms. The average molecular weight is 285 g/mol. The van der Waals surface area contributed by atoms with Crippen molar-refractivity contribution in [2.75, 3.05) is 11.9 Å². The van der Waals surface area contributed by atoms with Gasteiger partial charge in [0.05, 0.1) is 6.10 Å². The predicted molar refractivity (Wildman–Crippen MR) is 75.9 cm³/mol. The minimum Gasteiger partial charge on any atom is -0.461 e. The van der Waals surface area contributed by atoms with E-state index in [1.165, 1.54) is 32.1 Å². The van der Waals surface area contributed by atoms with Crippen molar-refractivity contribution in [3.63, 3.8) is 0 Å².